The molecule has 0 saturated heterocycles. The Hall–Kier alpha value is -0.380. The Balaban J connectivity index is 2.77. The van der Waals surface area contributed by atoms with Crippen LogP contribution in [0.15, 0.2) is 12.7 Å². The van der Waals surface area contributed by atoms with Crippen LogP contribution in [0.4, 0.5) is 0 Å². The highest BCUT2D eigenvalue weighted by atomic mass is 16.3. The summed E-state index contributed by atoms with van der Waals surface area (Å²) in [6.07, 6.45) is 1.11. The molecule has 0 radical (unpaired) electrons. The van der Waals surface area contributed by atoms with E-state index >= 15 is 0 Å². The highest BCUT2D eigenvalue weighted by molar-refractivity contribution is 5.06. The molecule has 3 unspecified atom stereocenters. The molecule has 0 aromatic heterocycles. The molecule has 1 fully saturated rings. The molecule has 0 aromatic carbocycles. The van der Waals surface area contributed by atoms with Gasteiger partial charge in [0.25, 0.3) is 0 Å². The molecule has 1 rings (SSSR count). The van der Waals surface area contributed by atoms with E-state index in [1.807, 2.05) is 0 Å². The second-order valence-corrected chi connectivity index (χ2v) is 3.15. The molecule has 3 N–H and O–H groups in total. The molecule has 64 valence electrons. The zero-order valence-electron chi connectivity index (χ0n) is 6.40. The van der Waals surface area contributed by atoms with Crippen molar-refractivity contribution >= 4 is 0 Å². The predicted molar refractivity (Wildman–Crippen MR) is 41.0 cm³/mol. The molecule has 1 aliphatic carbocycles. The van der Waals surface area contributed by atoms with Crippen LogP contribution >= 0.6 is 0 Å². The monoisotopic (exact) mass is 158 g/mol. The van der Waals surface area contributed by atoms with Gasteiger partial charge in [-0.2, -0.15) is 0 Å². The van der Waals surface area contributed by atoms with E-state index in [0.717, 1.165) is 0 Å². The van der Waals surface area contributed by atoms with E-state index in [-0.39, 0.29) is 6.61 Å². The first-order valence-electron chi connectivity index (χ1n) is 3.77. The number of aliphatic hydroxyl groups is 3. The molecule has 3 heteroatoms. The zero-order chi connectivity index (χ0) is 8.48. The summed E-state index contributed by atoms with van der Waals surface area (Å²) in [6, 6.07) is 0. The van der Waals surface area contributed by atoms with Gasteiger partial charge in [0, 0.05) is 5.41 Å². The van der Waals surface area contributed by atoms with Crippen molar-refractivity contribution in [2.75, 3.05) is 6.61 Å². The molecule has 0 spiro atoms. The maximum Gasteiger partial charge on any atom is 0.0911 e. The van der Waals surface area contributed by atoms with Gasteiger partial charge in [0.05, 0.1) is 18.8 Å². The van der Waals surface area contributed by atoms with E-state index in [2.05, 4.69) is 6.58 Å². The minimum Gasteiger partial charge on any atom is -0.395 e. The Bertz CT molecular complexity index is 157. The van der Waals surface area contributed by atoms with Gasteiger partial charge in [0.1, 0.15) is 0 Å². The van der Waals surface area contributed by atoms with Crippen LogP contribution in [0.3, 0.4) is 0 Å². The minimum atomic E-state index is -0.856. The smallest absolute Gasteiger partial charge is 0.0911 e. The molecule has 1 aliphatic rings. The Labute approximate surface area is 66.0 Å². The lowest BCUT2D eigenvalue weighted by atomic mass is 9.85. The first-order valence-corrected chi connectivity index (χ1v) is 3.77. The van der Waals surface area contributed by atoms with Crippen molar-refractivity contribution in [1.82, 2.24) is 0 Å². The predicted octanol–water partition coefficient (Wildman–Crippen LogP) is -0.333. The third-order valence-corrected chi connectivity index (χ3v) is 2.56. The summed E-state index contributed by atoms with van der Waals surface area (Å²) in [7, 11) is 0. The van der Waals surface area contributed by atoms with Crippen molar-refractivity contribution in [3.8, 4) is 0 Å². The van der Waals surface area contributed by atoms with Gasteiger partial charge in [-0.15, -0.1) is 6.58 Å². The van der Waals surface area contributed by atoms with Crippen LogP contribution in [0.25, 0.3) is 0 Å². The molecule has 0 bridgehead atoms. The molecule has 0 aromatic rings. The quantitative estimate of drug-likeness (QED) is 0.482. The standard InChI is InChI=1S/C8H14O3/c1-2-8(5-9)4-3-6(10)7(8)11/h2,6-7,9-11H,1,3-5H2. The summed E-state index contributed by atoms with van der Waals surface area (Å²) in [5.74, 6) is 0. The molecule has 0 aliphatic heterocycles. The second-order valence-electron chi connectivity index (χ2n) is 3.15. The summed E-state index contributed by atoms with van der Waals surface area (Å²) in [5, 5.41) is 27.6. The normalized spacial score (nSPS) is 44.3. The fourth-order valence-electron chi connectivity index (χ4n) is 1.57. The van der Waals surface area contributed by atoms with Crippen LogP contribution in [0.1, 0.15) is 12.8 Å². The van der Waals surface area contributed by atoms with E-state index in [4.69, 9.17) is 5.11 Å². The molecule has 0 heterocycles. The van der Waals surface area contributed by atoms with E-state index < -0.39 is 17.6 Å². The third-order valence-electron chi connectivity index (χ3n) is 2.56. The number of hydrogen-bond donors (Lipinski definition) is 3. The van der Waals surface area contributed by atoms with Gasteiger partial charge in [0.2, 0.25) is 0 Å². The third kappa shape index (κ3) is 1.20. The highest BCUT2D eigenvalue weighted by Gasteiger charge is 2.44. The van der Waals surface area contributed by atoms with Crippen LogP contribution in [0.2, 0.25) is 0 Å². The summed E-state index contributed by atoms with van der Waals surface area (Å²) >= 11 is 0. The van der Waals surface area contributed by atoms with Gasteiger partial charge >= 0.3 is 0 Å². The molecular formula is C8H14O3. The van der Waals surface area contributed by atoms with Crippen LogP contribution in [0, 0.1) is 5.41 Å². The van der Waals surface area contributed by atoms with Crippen LogP contribution in [0.5, 0.6) is 0 Å². The molecule has 1 saturated carbocycles. The van der Waals surface area contributed by atoms with Crippen LogP contribution < -0.4 is 0 Å². The first-order chi connectivity index (χ1) is 5.16. The Morgan fingerprint density at radius 1 is 1.55 bits per heavy atom. The van der Waals surface area contributed by atoms with Gasteiger partial charge in [-0.25, -0.2) is 0 Å². The van der Waals surface area contributed by atoms with Crippen molar-refractivity contribution < 1.29 is 15.3 Å². The Morgan fingerprint density at radius 3 is 2.36 bits per heavy atom. The average Bonchev–Trinajstić information content (AvgIpc) is 2.32. The Kier molecular flexibility index (Phi) is 2.32. The molecular weight excluding hydrogens is 144 g/mol. The summed E-state index contributed by atoms with van der Waals surface area (Å²) in [5.41, 5.74) is -0.667. The minimum absolute atomic E-state index is 0.144. The van der Waals surface area contributed by atoms with Crippen molar-refractivity contribution in [3.05, 3.63) is 12.7 Å². The van der Waals surface area contributed by atoms with Gasteiger partial charge in [-0.1, -0.05) is 6.08 Å². The van der Waals surface area contributed by atoms with Gasteiger partial charge < -0.3 is 15.3 Å². The van der Waals surface area contributed by atoms with Crippen LogP contribution in [-0.2, 0) is 0 Å². The first kappa shape index (κ1) is 8.71. The number of hydrogen-bond acceptors (Lipinski definition) is 3. The number of rotatable bonds is 2. The van der Waals surface area contributed by atoms with E-state index in [9.17, 15) is 10.2 Å². The maximum atomic E-state index is 9.43. The molecule has 3 atom stereocenters. The van der Waals surface area contributed by atoms with Crippen molar-refractivity contribution in [2.24, 2.45) is 5.41 Å². The van der Waals surface area contributed by atoms with Gasteiger partial charge in [0.15, 0.2) is 0 Å². The average molecular weight is 158 g/mol. The zero-order valence-corrected chi connectivity index (χ0v) is 6.40. The largest absolute Gasteiger partial charge is 0.395 e. The van der Waals surface area contributed by atoms with E-state index in [0.29, 0.717) is 12.8 Å². The number of aliphatic hydroxyl groups excluding tert-OH is 3. The summed E-state index contributed by atoms with van der Waals surface area (Å²) < 4.78 is 0. The van der Waals surface area contributed by atoms with Gasteiger partial charge in [-0.3, -0.25) is 0 Å². The van der Waals surface area contributed by atoms with Gasteiger partial charge in [-0.05, 0) is 12.8 Å². The second kappa shape index (κ2) is 2.93. The summed E-state index contributed by atoms with van der Waals surface area (Å²) in [4.78, 5) is 0. The van der Waals surface area contributed by atoms with Crippen molar-refractivity contribution in [3.63, 3.8) is 0 Å². The van der Waals surface area contributed by atoms with Crippen molar-refractivity contribution in [2.45, 2.75) is 25.0 Å². The van der Waals surface area contributed by atoms with E-state index in [1.54, 1.807) is 0 Å². The maximum absolute atomic E-state index is 9.43. The van der Waals surface area contributed by atoms with Crippen LogP contribution in [-0.4, -0.2) is 34.1 Å². The molecule has 3 nitrogen and oxygen atoms in total. The Morgan fingerprint density at radius 2 is 2.18 bits per heavy atom. The topological polar surface area (TPSA) is 60.7 Å². The molecule has 11 heavy (non-hydrogen) atoms. The van der Waals surface area contributed by atoms with Crippen molar-refractivity contribution in [1.29, 1.82) is 0 Å². The lowest BCUT2D eigenvalue weighted by molar-refractivity contribution is -0.0226. The molecule has 0 amide bonds. The lowest BCUT2D eigenvalue weighted by Gasteiger charge is -2.26. The SMILES string of the molecule is C=CC1(CO)CCC(O)C1O. The van der Waals surface area contributed by atoms with E-state index in [1.165, 1.54) is 6.08 Å². The fraction of sp³-hybridized carbons (Fsp3) is 0.750. The fourth-order valence-corrected chi connectivity index (χ4v) is 1.57. The lowest BCUT2D eigenvalue weighted by Crippen LogP contribution is -2.36. The summed E-state index contributed by atoms with van der Waals surface area (Å²) in [6.45, 7) is 3.40. The highest BCUT2D eigenvalue weighted by Crippen LogP contribution is 2.38.